The van der Waals surface area contributed by atoms with Crippen molar-refractivity contribution in [2.24, 2.45) is 5.18 Å². The van der Waals surface area contributed by atoms with Crippen LogP contribution in [0.3, 0.4) is 0 Å². The lowest BCUT2D eigenvalue weighted by Gasteiger charge is -2.05. The number of likely N-dealkylation sites (N-methyl/N-ethyl adjacent to an activating group) is 1. The molecule has 2 aromatic carbocycles. The summed E-state index contributed by atoms with van der Waals surface area (Å²) in [5, 5.41) is 18.1. The average Bonchev–Trinajstić information content (AvgIpc) is 3.44. The number of nitroso groups, excluding NO2 is 1. The van der Waals surface area contributed by atoms with E-state index >= 15 is 0 Å². The molecule has 3 N–H and O–H groups in total. The number of aliphatic hydroxyl groups excluding tert-OH is 1. The number of nitrogens with zero attached hydrogens (tertiary/aromatic N) is 2. The van der Waals surface area contributed by atoms with Crippen molar-refractivity contribution in [1.29, 1.82) is 0 Å². The summed E-state index contributed by atoms with van der Waals surface area (Å²) in [5.74, 6) is 1.10. The van der Waals surface area contributed by atoms with E-state index in [-0.39, 0.29) is 6.61 Å². The highest BCUT2D eigenvalue weighted by Crippen LogP contribution is 2.25. The number of benzene rings is 2. The number of rotatable bonds is 11. The third kappa shape index (κ3) is 12.1. The second-order valence-electron chi connectivity index (χ2n) is 8.83. The van der Waals surface area contributed by atoms with Crippen LogP contribution in [-0.2, 0) is 13.0 Å². The Bertz CT molecular complexity index is 977. The van der Waals surface area contributed by atoms with Crippen LogP contribution in [0.4, 0.5) is 0 Å². The fraction of sp³-hybridized carbons (Fsp3) is 0.448. The SMILES string of the molecule is C1CCCCC1.CNCCNCCc1cnc(C(N=O)c2ccccc2)o1.O=Cc1ccc(CO)cc1. The van der Waals surface area contributed by atoms with E-state index in [1.165, 1.54) is 38.5 Å². The second kappa shape index (κ2) is 19.0. The zero-order chi connectivity index (χ0) is 26.6. The summed E-state index contributed by atoms with van der Waals surface area (Å²) in [5.41, 5.74) is 2.25. The van der Waals surface area contributed by atoms with Crippen molar-refractivity contribution in [2.75, 3.05) is 26.7 Å². The van der Waals surface area contributed by atoms with Crippen LogP contribution in [0.25, 0.3) is 0 Å². The number of hydrogen-bond donors (Lipinski definition) is 3. The number of carbonyl (C=O) groups is 1. The van der Waals surface area contributed by atoms with Gasteiger partial charge in [0.25, 0.3) is 0 Å². The van der Waals surface area contributed by atoms with Crippen LogP contribution in [0, 0.1) is 4.91 Å². The maximum atomic E-state index is 11.1. The second-order valence-corrected chi connectivity index (χ2v) is 8.83. The molecule has 4 rings (SSSR count). The van der Waals surface area contributed by atoms with Gasteiger partial charge in [0, 0.05) is 31.6 Å². The Morgan fingerprint density at radius 2 is 1.62 bits per heavy atom. The molecule has 0 amide bonds. The molecular weight excluding hydrogens is 468 g/mol. The predicted molar refractivity (Wildman–Crippen MR) is 147 cm³/mol. The van der Waals surface area contributed by atoms with Gasteiger partial charge in [-0.3, -0.25) is 4.79 Å². The van der Waals surface area contributed by atoms with Gasteiger partial charge >= 0.3 is 0 Å². The van der Waals surface area contributed by atoms with E-state index in [2.05, 4.69) is 20.8 Å². The molecule has 0 saturated heterocycles. The molecule has 8 nitrogen and oxygen atoms in total. The maximum absolute atomic E-state index is 11.1. The number of carbonyl (C=O) groups excluding carboxylic acids is 1. The van der Waals surface area contributed by atoms with Gasteiger partial charge in [-0.15, -0.1) is 4.91 Å². The topological polar surface area (TPSA) is 117 Å². The minimum Gasteiger partial charge on any atom is -0.443 e. The highest BCUT2D eigenvalue weighted by molar-refractivity contribution is 5.74. The molecular formula is C29H40N4O4. The van der Waals surface area contributed by atoms with Gasteiger partial charge < -0.3 is 20.2 Å². The van der Waals surface area contributed by atoms with Crippen LogP contribution in [-0.4, -0.2) is 43.1 Å². The van der Waals surface area contributed by atoms with E-state index in [1.807, 2.05) is 37.4 Å². The molecule has 0 aliphatic heterocycles. The Morgan fingerprint density at radius 1 is 0.973 bits per heavy atom. The van der Waals surface area contributed by atoms with Gasteiger partial charge in [-0.1, -0.05) is 98.3 Å². The standard InChI is InChI=1S/C15H20N4O2.C8H8O2.C6H12/c1-16-9-10-17-8-7-13-11-18-15(21-13)14(19-20)12-5-3-2-4-6-12;9-5-7-1-2-8(6-10)4-3-7;1-2-4-6-5-3-1/h2-6,11,14,16-17H,7-10H2,1H3;1-5,10H,6H2;1-6H2. The lowest BCUT2D eigenvalue weighted by molar-refractivity contribution is 0.112. The number of aliphatic hydroxyl groups is 1. The quantitative estimate of drug-likeness (QED) is 0.185. The summed E-state index contributed by atoms with van der Waals surface area (Å²) in [4.78, 5) is 25.4. The Labute approximate surface area is 219 Å². The van der Waals surface area contributed by atoms with Crippen LogP contribution in [0.5, 0.6) is 0 Å². The summed E-state index contributed by atoms with van der Waals surface area (Å²) in [6, 6.07) is 15.4. The van der Waals surface area contributed by atoms with E-state index in [0.717, 1.165) is 49.2 Å². The smallest absolute Gasteiger partial charge is 0.227 e. The molecule has 1 aromatic heterocycles. The Hall–Kier alpha value is -3.20. The molecule has 0 spiro atoms. The number of aldehydes is 1. The van der Waals surface area contributed by atoms with Gasteiger partial charge in [-0.05, 0) is 18.2 Å². The largest absolute Gasteiger partial charge is 0.443 e. The van der Waals surface area contributed by atoms with Crippen LogP contribution in [0.15, 0.2) is 70.4 Å². The molecule has 1 unspecified atom stereocenters. The van der Waals surface area contributed by atoms with Crippen molar-refractivity contribution >= 4 is 6.29 Å². The molecule has 8 heteroatoms. The first kappa shape index (κ1) is 30.0. The van der Waals surface area contributed by atoms with E-state index in [0.29, 0.717) is 11.5 Å². The first-order valence-corrected chi connectivity index (χ1v) is 13.0. The van der Waals surface area contributed by atoms with Gasteiger partial charge in [-0.25, -0.2) is 4.98 Å². The maximum Gasteiger partial charge on any atom is 0.227 e. The number of oxazole rings is 1. The monoisotopic (exact) mass is 508 g/mol. The first-order chi connectivity index (χ1) is 18.2. The molecule has 1 saturated carbocycles. The molecule has 0 radical (unpaired) electrons. The van der Waals surface area contributed by atoms with Crippen molar-refractivity contribution in [3.63, 3.8) is 0 Å². The van der Waals surface area contributed by atoms with Gasteiger partial charge in [0.1, 0.15) is 12.0 Å². The molecule has 1 aliphatic rings. The highest BCUT2D eigenvalue weighted by Gasteiger charge is 2.20. The predicted octanol–water partition coefficient (Wildman–Crippen LogP) is 5.21. The number of hydrogen-bond acceptors (Lipinski definition) is 8. The van der Waals surface area contributed by atoms with Crippen molar-refractivity contribution in [3.8, 4) is 0 Å². The van der Waals surface area contributed by atoms with Crippen LogP contribution in [0.2, 0.25) is 0 Å². The van der Waals surface area contributed by atoms with Gasteiger partial charge in [-0.2, -0.15) is 0 Å². The third-order valence-electron chi connectivity index (χ3n) is 5.92. The summed E-state index contributed by atoms with van der Waals surface area (Å²) in [6.45, 7) is 2.66. The van der Waals surface area contributed by atoms with Gasteiger partial charge in [0.15, 0.2) is 6.04 Å². The van der Waals surface area contributed by atoms with Crippen LogP contribution >= 0.6 is 0 Å². The number of nitrogens with one attached hydrogen (secondary N) is 2. The van der Waals surface area contributed by atoms with Gasteiger partial charge in [0.2, 0.25) is 5.89 Å². The first-order valence-electron chi connectivity index (χ1n) is 13.0. The van der Waals surface area contributed by atoms with Crippen LogP contribution in [0.1, 0.15) is 77.7 Å². The Balaban J connectivity index is 0.000000246. The normalized spacial score (nSPS) is 13.4. The van der Waals surface area contributed by atoms with E-state index in [9.17, 15) is 9.70 Å². The lowest BCUT2D eigenvalue weighted by atomic mass is 10.0. The average molecular weight is 509 g/mol. The summed E-state index contributed by atoms with van der Waals surface area (Å²) in [7, 11) is 1.92. The molecule has 37 heavy (non-hydrogen) atoms. The molecule has 0 bridgehead atoms. The zero-order valence-electron chi connectivity index (χ0n) is 21.8. The minimum atomic E-state index is -0.683. The van der Waals surface area contributed by atoms with Crippen LogP contribution < -0.4 is 10.6 Å². The molecule has 1 aliphatic carbocycles. The van der Waals surface area contributed by atoms with E-state index in [4.69, 9.17) is 9.52 Å². The highest BCUT2D eigenvalue weighted by atomic mass is 16.4. The molecule has 3 aromatic rings. The van der Waals surface area contributed by atoms with E-state index < -0.39 is 6.04 Å². The van der Waals surface area contributed by atoms with Crippen molar-refractivity contribution in [1.82, 2.24) is 15.6 Å². The van der Waals surface area contributed by atoms with Gasteiger partial charge in [0.05, 0.1) is 12.8 Å². The van der Waals surface area contributed by atoms with E-state index in [1.54, 1.807) is 30.5 Å². The Morgan fingerprint density at radius 3 is 2.16 bits per heavy atom. The molecule has 200 valence electrons. The van der Waals surface area contributed by atoms with Crippen molar-refractivity contribution < 1.29 is 14.3 Å². The zero-order valence-corrected chi connectivity index (χ0v) is 21.8. The summed E-state index contributed by atoms with van der Waals surface area (Å²) in [6.07, 6.45) is 12.2. The summed E-state index contributed by atoms with van der Waals surface area (Å²) < 4.78 is 5.64. The molecule has 1 heterocycles. The molecule has 1 atom stereocenters. The minimum absolute atomic E-state index is 0.0269. The Kier molecular flexibility index (Phi) is 15.4. The number of aromatic nitrogens is 1. The van der Waals surface area contributed by atoms with Crippen molar-refractivity contribution in [2.45, 2.75) is 57.6 Å². The fourth-order valence-electron chi connectivity index (χ4n) is 3.76. The lowest BCUT2D eigenvalue weighted by Crippen LogP contribution is -2.26. The summed E-state index contributed by atoms with van der Waals surface area (Å²) >= 11 is 0. The fourth-order valence-corrected chi connectivity index (χ4v) is 3.76. The molecule has 1 fully saturated rings. The van der Waals surface area contributed by atoms with Crippen molar-refractivity contribution in [3.05, 3.63) is 94.0 Å². The third-order valence-corrected chi connectivity index (χ3v) is 5.92.